The molecule has 4 nitrogen and oxygen atoms in total. The van der Waals surface area contributed by atoms with Crippen LogP contribution in [-0.2, 0) is 5.54 Å². The SMILES string of the molecule is COc1ccccc1NC(=O)NC1(c2ccccc2)CC1. The van der Waals surface area contributed by atoms with Crippen molar-refractivity contribution in [2.45, 2.75) is 18.4 Å². The highest BCUT2D eigenvalue weighted by atomic mass is 16.5. The van der Waals surface area contributed by atoms with Crippen molar-refractivity contribution in [1.82, 2.24) is 5.32 Å². The van der Waals surface area contributed by atoms with Gasteiger partial charge in [0.2, 0.25) is 0 Å². The highest BCUT2D eigenvalue weighted by molar-refractivity contribution is 5.91. The lowest BCUT2D eigenvalue weighted by Crippen LogP contribution is -2.38. The maximum absolute atomic E-state index is 12.2. The van der Waals surface area contributed by atoms with E-state index in [2.05, 4.69) is 22.8 Å². The van der Waals surface area contributed by atoms with Crippen molar-refractivity contribution in [3.8, 4) is 5.75 Å². The first-order valence-electron chi connectivity index (χ1n) is 7.01. The molecule has 0 aliphatic heterocycles. The van der Waals surface area contributed by atoms with E-state index in [9.17, 15) is 4.79 Å². The molecule has 2 amide bonds. The molecule has 4 heteroatoms. The summed E-state index contributed by atoms with van der Waals surface area (Å²) in [6, 6.07) is 17.2. The number of amides is 2. The van der Waals surface area contributed by atoms with Gasteiger partial charge in [-0.05, 0) is 30.5 Å². The van der Waals surface area contributed by atoms with Gasteiger partial charge in [0.1, 0.15) is 5.75 Å². The van der Waals surface area contributed by atoms with Crippen LogP contribution in [0.5, 0.6) is 5.75 Å². The highest BCUT2D eigenvalue weighted by Gasteiger charge is 2.45. The fourth-order valence-electron chi connectivity index (χ4n) is 2.49. The van der Waals surface area contributed by atoms with Crippen LogP contribution in [0.1, 0.15) is 18.4 Å². The van der Waals surface area contributed by atoms with Crippen molar-refractivity contribution in [3.05, 3.63) is 60.2 Å². The van der Waals surface area contributed by atoms with Gasteiger partial charge in [0, 0.05) is 0 Å². The molecule has 2 aromatic carbocycles. The Labute approximate surface area is 124 Å². The van der Waals surface area contributed by atoms with E-state index in [4.69, 9.17) is 4.74 Å². The van der Waals surface area contributed by atoms with E-state index in [1.807, 2.05) is 42.5 Å². The number of nitrogens with one attached hydrogen (secondary N) is 2. The molecule has 0 unspecified atom stereocenters. The second-order valence-corrected chi connectivity index (χ2v) is 5.23. The van der Waals surface area contributed by atoms with Gasteiger partial charge in [-0.15, -0.1) is 0 Å². The third-order valence-electron chi connectivity index (χ3n) is 3.78. The maximum Gasteiger partial charge on any atom is 0.320 e. The first-order valence-corrected chi connectivity index (χ1v) is 7.01. The van der Waals surface area contributed by atoms with Crippen molar-refractivity contribution in [2.75, 3.05) is 12.4 Å². The van der Waals surface area contributed by atoms with Crippen LogP contribution in [0, 0.1) is 0 Å². The molecule has 0 aromatic heterocycles. The van der Waals surface area contributed by atoms with Crippen LogP contribution in [-0.4, -0.2) is 13.1 Å². The Balaban J connectivity index is 1.70. The molecule has 2 N–H and O–H groups in total. The first-order chi connectivity index (χ1) is 10.2. The lowest BCUT2D eigenvalue weighted by atomic mass is 10.1. The van der Waals surface area contributed by atoms with E-state index < -0.39 is 0 Å². The molecule has 0 atom stereocenters. The standard InChI is InChI=1S/C17H18N2O2/c1-21-15-10-6-5-9-14(15)18-16(20)19-17(11-12-17)13-7-3-2-4-8-13/h2-10H,11-12H2,1H3,(H2,18,19,20). The van der Waals surface area contributed by atoms with Gasteiger partial charge in [-0.1, -0.05) is 42.5 Å². The lowest BCUT2D eigenvalue weighted by molar-refractivity contribution is 0.247. The molecule has 0 saturated heterocycles. The van der Waals surface area contributed by atoms with Crippen LogP contribution < -0.4 is 15.4 Å². The van der Waals surface area contributed by atoms with Crippen LogP contribution in [0.4, 0.5) is 10.5 Å². The summed E-state index contributed by atoms with van der Waals surface area (Å²) in [5.74, 6) is 0.650. The Morgan fingerprint density at radius 3 is 2.38 bits per heavy atom. The Morgan fingerprint density at radius 1 is 1.05 bits per heavy atom. The van der Waals surface area contributed by atoms with Crippen molar-refractivity contribution < 1.29 is 9.53 Å². The van der Waals surface area contributed by atoms with E-state index in [-0.39, 0.29) is 11.6 Å². The van der Waals surface area contributed by atoms with Gasteiger partial charge in [-0.3, -0.25) is 0 Å². The largest absolute Gasteiger partial charge is 0.495 e. The normalized spacial score (nSPS) is 15.1. The molecule has 108 valence electrons. The summed E-state index contributed by atoms with van der Waals surface area (Å²) in [6.07, 6.45) is 1.94. The number of hydrogen-bond acceptors (Lipinski definition) is 2. The average Bonchev–Trinajstić information content (AvgIpc) is 3.29. The third-order valence-corrected chi connectivity index (χ3v) is 3.78. The van der Waals surface area contributed by atoms with Gasteiger partial charge in [0.05, 0.1) is 18.3 Å². The molecule has 21 heavy (non-hydrogen) atoms. The van der Waals surface area contributed by atoms with Crippen LogP contribution in [0.2, 0.25) is 0 Å². The minimum Gasteiger partial charge on any atom is -0.495 e. The molecule has 1 aliphatic rings. The molecular formula is C17H18N2O2. The second-order valence-electron chi connectivity index (χ2n) is 5.23. The molecule has 2 aromatic rings. The van der Waals surface area contributed by atoms with E-state index in [1.54, 1.807) is 7.11 Å². The van der Waals surface area contributed by atoms with E-state index in [1.165, 1.54) is 0 Å². The Kier molecular flexibility index (Phi) is 3.52. The number of carbonyl (C=O) groups is 1. The molecule has 0 spiro atoms. The van der Waals surface area contributed by atoms with Crippen molar-refractivity contribution in [2.24, 2.45) is 0 Å². The summed E-state index contributed by atoms with van der Waals surface area (Å²) in [7, 11) is 1.59. The van der Waals surface area contributed by atoms with E-state index in [0.717, 1.165) is 18.4 Å². The van der Waals surface area contributed by atoms with Gasteiger partial charge < -0.3 is 15.4 Å². The Bertz CT molecular complexity index is 636. The number of para-hydroxylation sites is 2. The van der Waals surface area contributed by atoms with Gasteiger partial charge >= 0.3 is 6.03 Å². The van der Waals surface area contributed by atoms with Gasteiger partial charge in [0.15, 0.2) is 0 Å². The molecule has 1 aliphatic carbocycles. The maximum atomic E-state index is 12.2. The first kappa shape index (κ1) is 13.5. The number of anilines is 1. The smallest absolute Gasteiger partial charge is 0.320 e. The zero-order valence-electron chi connectivity index (χ0n) is 11.9. The van der Waals surface area contributed by atoms with Gasteiger partial charge in [-0.25, -0.2) is 4.79 Å². The number of urea groups is 1. The predicted molar refractivity (Wildman–Crippen MR) is 82.5 cm³/mol. The van der Waals surface area contributed by atoms with Crippen molar-refractivity contribution >= 4 is 11.7 Å². The molecule has 3 rings (SSSR count). The number of carbonyl (C=O) groups excluding carboxylic acids is 1. The summed E-state index contributed by atoms with van der Waals surface area (Å²) >= 11 is 0. The second kappa shape index (κ2) is 5.48. The van der Waals surface area contributed by atoms with Crippen LogP contribution in [0.3, 0.4) is 0 Å². The Morgan fingerprint density at radius 2 is 1.71 bits per heavy atom. The van der Waals surface area contributed by atoms with Crippen molar-refractivity contribution in [3.63, 3.8) is 0 Å². The number of ether oxygens (including phenoxy) is 1. The van der Waals surface area contributed by atoms with Crippen LogP contribution in [0.15, 0.2) is 54.6 Å². The fourth-order valence-corrected chi connectivity index (χ4v) is 2.49. The number of benzene rings is 2. The van der Waals surface area contributed by atoms with E-state index in [0.29, 0.717) is 11.4 Å². The molecule has 0 radical (unpaired) electrons. The number of methoxy groups -OCH3 is 1. The van der Waals surface area contributed by atoms with Gasteiger partial charge in [-0.2, -0.15) is 0 Å². The molecular weight excluding hydrogens is 264 g/mol. The lowest BCUT2D eigenvalue weighted by Gasteiger charge is -2.19. The zero-order chi connectivity index (χ0) is 14.7. The van der Waals surface area contributed by atoms with Crippen LogP contribution in [0.25, 0.3) is 0 Å². The summed E-state index contributed by atoms with van der Waals surface area (Å²) in [4.78, 5) is 12.2. The topological polar surface area (TPSA) is 50.4 Å². The quantitative estimate of drug-likeness (QED) is 0.901. The minimum absolute atomic E-state index is 0.208. The average molecular weight is 282 g/mol. The number of rotatable bonds is 4. The zero-order valence-corrected chi connectivity index (χ0v) is 11.9. The molecule has 0 heterocycles. The number of hydrogen-bond donors (Lipinski definition) is 2. The molecule has 1 saturated carbocycles. The van der Waals surface area contributed by atoms with Gasteiger partial charge in [0.25, 0.3) is 0 Å². The summed E-state index contributed by atoms with van der Waals surface area (Å²) < 4.78 is 5.23. The summed E-state index contributed by atoms with van der Waals surface area (Å²) in [5.41, 5.74) is 1.61. The highest BCUT2D eigenvalue weighted by Crippen LogP contribution is 2.45. The molecule has 1 fully saturated rings. The van der Waals surface area contributed by atoms with E-state index >= 15 is 0 Å². The predicted octanol–water partition coefficient (Wildman–Crippen LogP) is 3.51. The van der Waals surface area contributed by atoms with Crippen molar-refractivity contribution in [1.29, 1.82) is 0 Å². The third kappa shape index (κ3) is 2.84. The fraction of sp³-hybridized carbons (Fsp3) is 0.235. The molecule has 0 bridgehead atoms. The monoisotopic (exact) mass is 282 g/mol. The summed E-state index contributed by atoms with van der Waals surface area (Å²) in [5, 5.41) is 5.93. The Hall–Kier alpha value is -2.49. The van der Waals surface area contributed by atoms with Crippen LogP contribution >= 0.6 is 0 Å². The summed E-state index contributed by atoms with van der Waals surface area (Å²) in [6.45, 7) is 0. The minimum atomic E-state index is -0.215.